The summed E-state index contributed by atoms with van der Waals surface area (Å²) in [4.78, 5) is 2.71. The summed E-state index contributed by atoms with van der Waals surface area (Å²) in [5, 5.41) is 0. The van der Waals surface area contributed by atoms with Gasteiger partial charge in [0.1, 0.15) is 0 Å². The molecule has 1 rings (SSSR count). The van der Waals surface area contributed by atoms with Crippen molar-refractivity contribution in [3.63, 3.8) is 0 Å². The van der Waals surface area contributed by atoms with Crippen LogP contribution in [0.2, 0.25) is 0 Å². The summed E-state index contributed by atoms with van der Waals surface area (Å²) in [6.45, 7) is 8.74. The number of nitrogens with zero attached hydrogens (tertiary/aromatic N) is 1. The molecule has 24 heavy (non-hydrogen) atoms. The molecule has 146 valence electrons. The molecule has 0 saturated carbocycles. The van der Waals surface area contributed by atoms with Crippen LogP contribution < -0.4 is 0 Å². The fourth-order valence-corrected chi connectivity index (χ4v) is 3.38. The average molecular weight is 364 g/mol. The van der Waals surface area contributed by atoms with E-state index >= 15 is 0 Å². The van der Waals surface area contributed by atoms with Crippen LogP contribution in [0.4, 0.5) is 0 Å². The van der Waals surface area contributed by atoms with Crippen LogP contribution >= 0.6 is 0 Å². The predicted molar refractivity (Wildman–Crippen MR) is 104 cm³/mol. The minimum absolute atomic E-state index is 0.715. The van der Waals surface area contributed by atoms with Crippen molar-refractivity contribution in [2.24, 2.45) is 5.92 Å². The average Bonchev–Trinajstić information content (AvgIpc) is 2.50. The first-order valence-electron chi connectivity index (χ1n) is 10.0. The summed E-state index contributed by atoms with van der Waals surface area (Å²) in [6, 6.07) is 0. The molecule has 0 aromatic heterocycles. The van der Waals surface area contributed by atoms with E-state index < -0.39 is 10.1 Å². The van der Waals surface area contributed by atoms with Crippen molar-refractivity contribution in [3.05, 3.63) is 0 Å². The fraction of sp³-hybridized carbons (Fsp3) is 1.00. The van der Waals surface area contributed by atoms with Crippen LogP contribution in [0, 0.1) is 5.92 Å². The second kappa shape index (κ2) is 15.2. The molecule has 4 nitrogen and oxygen atoms in total. The van der Waals surface area contributed by atoms with Gasteiger partial charge in [0.25, 0.3) is 10.1 Å². The van der Waals surface area contributed by atoms with E-state index in [1.54, 1.807) is 0 Å². The lowest BCUT2D eigenvalue weighted by Gasteiger charge is -2.31. The van der Waals surface area contributed by atoms with Crippen LogP contribution in [-0.4, -0.2) is 43.8 Å². The Kier molecular flexibility index (Phi) is 15.1. The number of rotatable bonds is 11. The first-order chi connectivity index (χ1) is 11.4. The summed E-state index contributed by atoms with van der Waals surface area (Å²) >= 11 is 0. The molecule has 0 spiro atoms. The van der Waals surface area contributed by atoms with E-state index in [2.05, 4.69) is 18.7 Å². The largest absolute Gasteiger partial charge is 0.303 e. The Morgan fingerprint density at radius 2 is 1.33 bits per heavy atom. The maximum absolute atomic E-state index is 9.19. The Morgan fingerprint density at radius 1 is 0.875 bits per heavy atom. The quantitative estimate of drug-likeness (QED) is 0.408. The molecule has 1 saturated heterocycles. The van der Waals surface area contributed by atoms with Crippen molar-refractivity contribution >= 4 is 10.1 Å². The van der Waals surface area contributed by atoms with E-state index in [1.165, 1.54) is 96.7 Å². The molecule has 1 heterocycles. The minimum Gasteiger partial charge on any atom is -0.303 e. The summed E-state index contributed by atoms with van der Waals surface area (Å²) in [5.41, 5.74) is 0. The SMILES string of the molecule is CCCCCCCCCCN1CCC(CCC)CC1.CS(=O)(=O)O. The maximum Gasteiger partial charge on any atom is 0.261 e. The number of hydrogen-bond acceptors (Lipinski definition) is 3. The Bertz CT molecular complexity index is 355. The van der Waals surface area contributed by atoms with Gasteiger partial charge in [-0.1, -0.05) is 71.6 Å². The summed E-state index contributed by atoms with van der Waals surface area (Å²) < 4.78 is 25.9. The molecule has 1 N–H and O–H groups in total. The zero-order chi connectivity index (χ0) is 18.3. The molecule has 0 unspecified atom stereocenters. The first kappa shape index (κ1) is 23.9. The van der Waals surface area contributed by atoms with Gasteiger partial charge in [-0.2, -0.15) is 8.42 Å². The standard InChI is InChI=1S/C18H37N.CH4O3S/c1-3-5-6-7-8-9-10-11-15-19-16-13-18(12-4-2)14-17-19;1-5(2,3)4/h18H,3-17H2,1-2H3;1H3,(H,2,3,4). The molecule has 0 radical (unpaired) electrons. The molecule has 0 atom stereocenters. The normalized spacial score (nSPS) is 16.7. The van der Waals surface area contributed by atoms with Crippen LogP contribution in [0.5, 0.6) is 0 Å². The lowest BCUT2D eigenvalue weighted by atomic mass is 9.92. The molecule has 0 aromatic rings. The number of hydrogen-bond donors (Lipinski definition) is 1. The molecular weight excluding hydrogens is 322 g/mol. The van der Waals surface area contributed by atoms with Gasteiger partial charge in [-0.05, 0) is 44.8 Å². The third kappa shape index (κ3) is 18.2. The highest BCUT2D eigenvalue weighted by atomic mass is 32.2. The molecule has 1 aliphatic heterocycles. The summed E-state index contributed by atoms with van der Waals surface area (Å²) in [5.74, 6) is 1.04. The van der Waals surface area contributed by atoms with Crippen molar-refractivity contribution in [3.8, 4) is 0 Å². The minimum atomic E-state index is -3.67. The van der Waals surface area contributed by atoms with Crippen LogP contribution in [0.1, 0.15) is 90.9 Å². The maximum atomic E-state index is 9.19. The van der Waals surface area contributed by atoms with Crippen LogP contribution in [0.15, 0.2) is 0 Å². The van der Waals surface area contributed by atoms with Crippen molar-refractivity contribution in [1.29, 1.82) is 0 Å². The van der Waals surface area contributed by atoms with Crippen molar-refractivity contribution in [1.82, 2.24) is 4.90 Å². The Hall–Kier alpha value is -0.130. The predicted octanol–water partition coefficient (Wildman–Crippen LogP) is 5.14. The third-order valence-corrected chi connectivity index (χ3v) is 4.73. The molecule has 5 heteroatoms. The highest BCUT2D eigenvalue weighted by Gasteiger charge is 2.17. The van der Waals surface area contributed by atoms with Gasteiger partial charge in [0, 0.05) is 0 Å². The van der Waals surface area contributed by atoms with Gasteiger partial charge in [-0.25, -0.2) is 0 Å². The molecule has 0 aliphatic carbocycles. The zero-order valence-corrected chi connectivity index (χ0v) is 17.1. The second-order valence-electron chi connectivity index (χ2n) is 7.28. The van der Waals surface area contributed by atoms with Crippen molar-refractivity contribution < 1.29 is 13.0 Å². The van der Waals surface area contributed by atoms with Crippen LogP contribution in [0.3, 0.4) is 0 Å². The Balaban J connectivity index is 0.000000922. The summed E-state index contributed by atoms with van der Waals surface area (Å²) in [7, 11) is -3.67. The van der Waals surface area contributed by atoms with Gasteiger partial charge >= 0.3 is 0 Å². The van der Waals surface area contributed by atoms with E-state index in [4.69, 9.17) is 4.55 Å². The Labute approximate surface area is 151 Å². The zero-order valence-electron chi connectivity index (χ0n) is 16.3. The lowest BCUT2D eigenvalue weighted by molar-refractivity contribution is 0.175. The van der Waals surface area contributed by atoms with Crippen molar-refractivity contribution in [2.45, 2.75) is 90.9 Å². The van der Waals surface area contributed by atoms with Crippen LogP contribution in [0.25, 0.3) is 0 Å². The topological polar surface area (TPSA) is 57.6 Å². The van der Waals surface area contributed by atoms with Gasteiger partial charge in [-0.3, -0.25) is 4.55 Å². The lowest BCUT2D eigenvalue weighted by Crippen LogP contribution is -2.34. The van der Waals surface area contributed by atoms with E-state index in [1.807, 2.05) is 0 Å². The smallest absolute Gasteiger partial charge is 0.261 e. The van der Waals surface area contributed by atoms with E-state index in [-0.39, 0.29) is 0 Å². The van der Waals surface area contributed by atoms with E-state index in [0.29, 0.717) is 6.26 Å². The van der Waals surface area contributed by atoms with Gasteiger partial charge in [-0.15, -0.1) is 0 Å². The molecular formula is C19H41NO3S. The third-order valence-electron chi connectivity index (χ3n) is 4.73. The molecule has 1 fully saturated rings. The number of unbranched alkanes of at least 4 members (excludes halogenated alkanes) is 7. The first-order valence-corrected chi connectivity index (χ1v) is 11.9. The van der Waals surface area contributed by atoms with Gasteiger partial charge in [0.2, 0.25) is 0 Å². The van der Waals surface area contributed by atoms with Crippen molar-refractivity contribution in [2.75, 3.05) is 25.9 Å². The Morgan fingerprint density at radius 3 is 1.79 bits per heavy atom. The molecule has 0 aromatic carbocycles. The summed E-state index contributed by atoms with van der Waals surface area (Å²) in [6.07, 6.45) is 18.1. The fourth-order valence-electron chi connectivity index (χ4n) is 3.38. The number of piperidine rings is 1. The van der Waals surface area contributed by atoms with E-state index in [9.17, 15) is 8.42 Å². The molecule has 0 amide bonds. The molecule has 0 bridgehead atoms. The van der Waals surface area contributed by atoms with Gasteiger partial charge in [0.15, 0.2) is 0 Å². The van der Waals surface area contributed by atoms with E-state index in [0.717, 1.165) is 5.92 Å². The van der Waals surface area contributed by atoms with Crippen LogP contribution in [-0.2, 0) is 10.1 Å². The molecule has 1 aliphatic rings. The highest BCUT2D eigenvalue weighted by Crippen LogP contribution is 2.21. The second-order valence-corrected chi connectivity index (χ2v) is 8.75. The monoisotopic (exact) mass is 363 g/mol. The highest BCUT2D eigenvalue weighted by molar-refractivity contribution is 7.85. The van der Waals surface area contributed by atoms with Gasteiger partial charge in [0.05, 0.1) is 6.26 Å². The number of likely N-dealkylation sites (tertiary alicyclic amines) is 1. The van der Waals surface area contributed by atoms with Gasteiger partial charge < -0.3 is 4.90 Å².